The summed E-state index contributed by atoms with van der Waals surface area (Å²) in [4.78, 5) is 4.62. The fourth-order valence-electron chi connectivity index (χ4n) is 2.99. The van der Waals surface area contributed by atoms with E-state index in [9.17, 15) is 4.39 Å². The second-order valence-electron chi connectivity index (χ2n) is 6.75. The van der Waals surface area contributed by atoms with Crippen LogP contribution < -0.4 is 5.43 Å². The fraction of sp³-hybridized carbons (Fsp3) is 0.0833. The minimum atomic E-state index is -0.211. The maximum Gasteiger partial charge on any atom is 0.203 e. The van der Waals surface area contributed by atoms with E-state index in [0.717, 1.165) is 22.5 Å². The van der Waals surface area contributed by atoms with Crippen molar-refractivity contribution >= 4 is 22.2 Å². The van der Waals surface area contributed by atoms with E-state index in [1.807, 2.05) is 30.5 Å². The minimum Gasteiger partial charge on any atom is -0.252 e. The standard InChI is InChI=1S/C24H20FN3S/c1-16-14-21(12-13-22(16)25)17(2)27-28-24-26-23(15-29-24)20-10-8-19(9-11-20)18-6-4-3-5-7-18/h3-15H,1-2H3,(H,26,28)/b27-17-. The van der Waals surface area contributed by atoms with Gasteiger partial charge in [-0.15, -0.1) is 11.3 Å². The van der Waals surface area contributed by atoms with Gasteiger partial charge in [0.1, 0.15) is 5.82 Å². The summed E-state index contributed by atoms with van der Waals surface area (Å²) in [6, 6.07) is 23.6. The number of aromatic nitrogens is 1. The largest absolute Gasteiger partial charge is 0.252 e. The third-order valence-corrected chi connectivity index (χ3v) is 5.43. The van der Waals surface area contributed by atoms with Crippen LogP contribution in [-0.4, -0.2) is 10.7 Å². The Morgan fingerprint density at radius 3 is 2.34 bits per heavy atom. The number of benzene rings is 3. The lowest BCUT2D eigenvalue weighted by molar-refractivity contribution is 0.618. The van der Waals surface area contributed by atoms with Crippen molar-refractivity contribution in [3.8, 4) is 22.4 Å². The number of hydrogen-bond donors (Lipinski definition) is 1. The zero-order valence-electron chi connectivity index (χ0n) is 16.2. The van der Waals surface area contributed by atoms with Gasteiger partial charge in [0.15, 0.2) is 0 Å². The van der Waals surface area contributed by atoms with Gasteiger partial charge in [0.05, 0.1) is 11.4 Å². The molecule has 1 heterocycles. The molecule has 3 nitrogen and oxygen atoms in total. The SMILES string of the molecule is C/C(=N/Nc1nc(-c2ccc(-c3ccccc3)cc2)cs1)c1ccc(F)c(C)c1. The maximum absolute atomic E-state index is 13.4. The van der Waals surface area contributed by atoms with Crippen LogP contribution in [0.25, 0.3) is 22.4 Å². The monoisotopic (exact) mass is 401 g/mol. The van der Waals surface area contributed by atoms with Crippen LogP contribution in [0.15, 0.2) is 83.3 Å². The number of thiazole rings is 1. The van der Waals surface area contributed by atoms with Gasteiger partial charge in [-0.2, -0.15) is 5.10 Å². The Hall–Kier alpha value is -3.31. The summed E-state index contributed by atoms with van der Waals surface area (Å²) in [6.07, 6.45) is 0. The Kier molecular flexibility index (Phi) is 5.49. The van der Waals surface area contributed by atoms with Crippen molar-refractivity contribution in [1.29, 1.82) is 0 Å². The highest BCUT2D eigenvalue weighted by molar-refractivity contribution is 7.14. The molecule has 0 aliphatic heterocycles. The first kappa shape index (κ1) is 19.0. The normalized spacial score (nSPS) is 11.5. The Morgan fingerprint density at radius 2 is 1.62 bits per heavy atom. The van der Waals surface area contributed by atoms with Gasteiger partial charge in [0.2, 0.25) is 5.13 Å². The van der Waals surface area contributed by atoms with Crippen LogP contribution in [0.4, 0.5) is 9.52 Å². The summed E-state index contributed by atoms with van der Waals surface area (Å²) < 4.78 is 13.4. The van der Waals surface area contributed by atoms with Crippen LogP contribution in [0, 0.1) is 12.7 Å². The molecule has 0 saturated heterocycles. The number of halogens is 1. The first-order valence-electron chi connectivity index (χ1n) is 9.28. The predicted molar refractivity (Wildman–Crippen MR) is 120 cm³/mol. The second kappa shape index (κ2) is 8.37. The van der Waals surface area contributed by atoms with E-state index in [1.54, 1.807) is 19.1 Å². The number of hydrazone groups is 1. The summed E-state index contributed by atoms with van der Waals surface area (Å²) in [5.41, 5.74) is 9.60. The highest BCUT2D eigenvalue weighted by atomic mass is 32.1. The van der Waals surface area contributed by atoms with Crippen molar-refractivity contribution in [1.82, 2.24) is 4.98 Å². The van der Waals surface area contributed by atoms with E-state index in [1.165, 1.54) is 28.5 Å². The molecule has 0 amide bonds. The first-order valence-corrected chi connectivity index (χ1v) is 10.2. The van der Waals surface area contributed by atoms with Crippen molar-refractivity contribution < 1.29 is 4.39 Å². The van der Waals surface area contributed by atoms with Crippen LogP contribution in [0.5, 0.6) is 0 Å². The van der Waals surface area contributed by atoms with Gasteiger partial charge >= 0.3 is 0 Å². The number of hydrogen-bond acceptors (Lipinski definition) is 4. The summed E-state index contributed by atoms with van der Waals surface area (Å²) in [5.74, 6) is -0.211. The van der Waals surface area contributed by atoms with Crippen LogP contribution >= 0.6 is 11.3 Å². The molecule has 4 aromatic rings. The maximum atomic E-state index is 13.4. The lowest BCUT2D eigenvalue weighted by Crippen LogP contribution is -2.00. The van der Waals surface area contributed by atoms with Crippen molar-refractivity contribution in [3.63, 3.8) is 0 Å². The average molecular weight is 402 g/mol. The van der Waals surface area contributed by atoms with Gasteiger partial charge in [-0.1, -0.05) is 60.7 Å². The van der Waals surface area contributed by atoms with E-state index in [0.29, 0.717) is 10.7 Å². The van der Waals surface area contributed by atoms with Gasteiger partial charge in [-0.25, -0.2) is 9.37 Å². The molecule has 0 bridgehead atoms. The molecule has 0 aliphatic rings. The molecular formula is C24H20FN3S. The molecule has 0 unspecified atom stereocenters. The van der Waals surface area contributed by atoms with Gasteiger partial charge in [0, 0.05) is 10.9 Å². The van der Waals surface area contributed by atoms with Crippen molar-refractivity contribution in [2.45, 2.75) is 13.8 Å². The second-order valence-corrected chi connectivity index (χ2v) is 7.61. The lowest BCUT2D eigenvalue weighted by Gasteiger charge is -2.04. The van der Waals surface area contributed by atoms with Gasteiger partial charge in [0.25, 0.3) is 0 Å². The summed E-state index contributed by atoms with van der Waals surface area (Å²) in [6.45, 7) is 3.63. The Bertz CT molecular complexity index is 1150. The minimum absolute atomic E-state index is 0.211. The van der Waals surface area contributed by atoms with Crippen LogP contribution in [0.1, 0.15) is 18.1 Å². The zero-order valence-corrected chi connectivity index (χ0v) is 17.0. The molecule has 144 valence electrons. The zero-order chi connectivity index (χ0) is 20.2. The molecule has 1 N–H and O–H groups in total. The summed E-state index contributed by atoms with van der Waals surface area (Å²) in [7, 11) is 0. The summed E-state index contributed by atoms with van der Waals surface area (Å²) >= 11 is 1.50. The van der Waals surface area contributed by atoms with Crippen LogP contribution in [0.2, 0.25) is 0 Å². The molecule has 3 aromatic carbocycles. The van der Waals surface area contributed by atoms with E-state index >= 15 is 0 Å². The molecule has 5 heteroatoms. The van der Waals surface area contributed by atoms with E-state index < -0.39 is 0 Å². The van der Waals surface area contributed by atoms with Gasteiger partial charge < -0.3 is 0 Å². The van der Waals surface area contributed by atoms with E-state index in [-0.39, 0.29) is 5.82 Å². The van der Waals surface area contributed by atoms with Crippen molar-refractivity contribution in [3.05, 3.63) is 95.1 Å². The molecule has 0 fully saturated rings. The highest BCUT2D eigenvalue weighted by Crippen LogP contribution is 2.27. The molecular weight excluding hydrogens is 381 g/mol. The lowest BCUT2D eigenvalue weighted by atomic mass is 10.0. The third-order valence-electron chi connectivity index (χ3n) is 4.69. The van der Waals surface area contributed by atoms with E-state index in [4.69, 9.17) is 0 Å². The van der Waals surface area contributed by atoms with Crippen molar-refractivity contribution in [2.75, 3.05) is 5.43 Å². The molecule has 4 rings (SSSR count). The Balaban J connectivity index is 1.47. The van der Waals surface area contributed by atoms with Crippen molar-refractivity contribution in [2.24, 2.45) is 5.10 Å². The quantitative estimate of drug-likeness (QED) is 0.296. The molecule has 0 aliphatic carbocycles. The number of anilines is 1. The summed E-state index contributed by atoms with van der Waals surface area (Å²) in [5, 5.41) is 7.11. The van der Waals surface area contributed by atoms with E-state index in [2.05, 4.69) is 51.9 Å². The third kappa shape index (κ3) is 4.41. The number of aryl methyl sites for hydroxylation is 1. The molecule has 0 saturated carbocycles. The fourth-order valence-corrected chi connectivity index (χ4v) is 3.65. The van der Waals surface area contributed by atoms with Crippen LogP contribution in [0.3, 0.4) is 0 Å². The molecule has 0 radical (unpaired) electrons. The number of nitrogens with one attached hydrogen (secondary N) is 1. The molecule has 29 heavy (non-hydrogen) atoms. The Labute approximate surface area is 173 Å². The molecule has 0 spiro atoms. The highest BCUT2D eigenvalue weighted by Gasteiger charge is 2.06. The van der Waals surface area contributed by atoms with Crippen LogP contribution in [-0.2, 0) is 0 Å². The number of rotatable bonds is 5. The van der Waals surface area contributed by atoms with Gasteiger partial charge in [-0.3, -0.25) is 5.43 Å². The average Bonchev–Trinajstić information content (AvgIpc) is 3.24. The smallest absolute Gasteiger partial charge is 0.203 e. The topological polar surface area (TPSA) is 37.3 Å². The Morgan fingerprint density at radius 1 is 0.931 bits per heavy atom. The van der Waals surface area contributed by atoms with Gasteiger partial charge in [-0.05, 0) is 48.2 Å². The molecule has 1 aromatic heterocycles. The predicted octanol–water partition coefficient (Wildman–Crippen LogP) is 6.76. The molecule has 0 atom stereocenters. The first-order chi connectivity index (χ1) is 14.1. The number of nitrogens with zero attached hydrogens (tertiary/aromatic N) is 2.